The van der Waals surface area contributed by atoms with E-state index in [1.54, 1.807) is 18.2 Å². The van der Waals surface area contributed by atoms with Crippen LogP contribution in [0.25, 0.3) is 0 Å². The van der Waals surface area contributed by atoms with Crippen LogP contribution in [-0.2, 0) is 13.6 Å². The molecule has 0 fully saturated rings. The van der Waals surface area contributed by atoms with Crippen LogP contribution in [-0.4, -0.2) is 12.5 Å². The van der Waals surface area contributed by atoms with Crippen molar-refractivity contribution in [3.8, 4) is 5.75 Å². The third-order valence-corrected chi connectivity index (χ3v) is 6.34. The Morgan fingerprint density at radius 1 is 0.909 bits per heavy atom. The van der Waals surface area contributed by atoms with Gasteiger partial charge in [-0.1, -0.05) is 95.2 Å². The molecule has 1 heterocycles. The molecule has 0 saturated carbocycles. The quantitative estimate of drug-likeness (QED) is 0.195. The van der Waals surface area contributed by atoms with Gasteiger partial charge in [0.1, 0.15) is 19.3 Å². The number of carbonyl (C=O) groups is 1. The molecule has 0 bridgehead atoms. The van der Waals surface area contributed by atoms with Crippen LogP contribution >= 0.6 is 11.6 Å². The summed E-state index contributed by atoms with van der Waals surface area (Å²) in [4.78, 5) is 12.5. The van der Waals surface area contributed by atoms with E-state index < -0.39 is 0 Å². The molecule has 2 rings (SSSR count). The summed E-state index contributed by atoms with van der Waals surface area (Å²) >= 11 is 6.36. The average molecular weight is 474 g/mol. The Balaban J connectivity index is 1.57. The number of carbonyl (C=O) groups excluding carboxylic acids is 1. The maximum absolute atomic E-state index is 12.5. The van der Waals surface area contributed by atoms with E-state index in [9.17, 15) is 4.79 Å². The summed E-state index contributed by atoms with van der Waals surface area (Å²) in [5.41, 5.74) is 1.57. The first-order chi connectivity index (χ1) is 16.1. The van der Waals surface area contributed by atoms with Gasteiger partial charge in [-0.2, -0.15) is 0 Å². The van der Waals surface area contributed by atoms with E-state index in [4.69, 9.17) is 16.3 Å². The third-order valence-electron chi connectivity index (χ3n) is 6.04. The minimum atomic E-state index is -0.145. The number of aromatic nitrogens is 1. The number of amides is 1. The SMILES string of the molecule is CCCCCCCCCCCCCCOc1ccc(C(=O)NCc2cccc[n+]2C)cc1Cl. The number of pyridine rings is 1. The van der Waals surface area contributed by atoms with E-state index in [1.807, 2.05) is 36.0 Å². The first kappa shape index (κ1) is 27.2. The largest absolute Gasteiger partial charge is 0.492 e. The molecule has 33 heavy (non-hydrogen) atoms. The number of nitrogens with one attached hydrogen (secondary N) is 1. The lowest BCUT2D eigenvalue weighted by Crippen LogP contribution is -2.36. The fourth-order valence-electron chi connectivity index (χ4n) is 3.90. The van der Waals surface area contributed by atoms with Crippen LogP contribution in [0, 0.1) is 0 Å². The second kappa shape index (κ2) is 16.5. The summed E-state index contributed by atoms with van der Waals surface area (Å²) in [5.74, 6) is 0.499. The molecular formula is C28H42ClN2O2+. The Hall–Kier alpha value is -2.07. The number of nitrogens with zero attached hydrogens (tertiary/aromatic N) is 1. The molecule has 1 aromatic carbocycles. The van der Waals surface area contributed by atoms with Gasteiger partial charge in [-0.25, -0.2) is 4.57 Å². The number of halogens is 1. The first-order valence-electron chi connectivity index (χ1n) is 12.8. The maximum Gasteiger partial charge on any atom is 0.251 e. The molecular weight excluding hydrogens is 432 g/mol. The predicted octanol–water partition coefficient (Wildman–Crippen LogP) is 7.17. The van der Waals surface area contributed by atoms with E-state index in [0.29, 0.717) is 29.5 Å². The van der Waals surface area contributed by atoms with Crippen molar-refractivity contribution < 1.29 is 14.1 Å². The first-order valence-corrected chi connectivity index (χ1v) is 13.1. The minimum absolute atomic E-state index is 0.145. The molecule has 0 atom stereocenters. The maximum atomic E-state index is 12.5. The Kier molecular flexibility index (Phi) is 13.6. The highest BCUT2D eigenvalue weighted by molar-refractivity contribution is 6.32. The molecule has 1 N–H and O–H groups in total. The van der Waals surface area contributed by atoms with Gasteiger partial charge in [0, 0.05) is 17.7 Å². The number of hydrogen-bond acceptors (Lipinski definition) is 2. The molecule has 2 aromatic rings. The van der Waals surface area contributed by atoms with Crippen molar-refractivity contribution in [3.05, 3.63) is 58.9 Å². The summed E-state index contributed by atoms with van der Waals surface area (Å²) in [6.07, 6.45) is 17.8. The van der Waals surface area contributed by atoms with Crippen molar-refractivity contribution in [2.75, 3.05) is 6.61 Å². The van der Waals surface area contributed by atoms with Crippen molar-refractivity contribution >= 4 is 17.5 Å². The summed E-state index contributed by atoms with van der Waals surface area (Å²) in [7, 11) is 1.96. The van der Waals surface area contributed by atoms with Gasteiger partial charge >= 0.3 is 0 Å². The average Bonchev–Trinajstić information content (AvgIpc) is 2.82. The van der Waals surface area contributed by atoms with Crippen LogP contribution in [0.4, 0.5) is 0 Å². The molecule has 0 aliphatic rings. The summed E-state index contributed by atoms with van der Waals surface area (Å²) in [6.45, 7) is 3.39. The zero-order valence-electron chi connectivity index (χ0n) is 20.6. The summed E-state index contributed by atoms with van der Waals surface area (Å²) < 4.78 is 7.83. The number of rotatable bonds is 17. The predicted molar refractivity (Wildman–Crippen MR) is 137 cm³/mol. The van der Waals surface area contributed by atoms with Crippen LogP contribution in [0.5, 0.6) is 5.75 Å². The molecule has 0 unspecified atom stereocenters. The number of hydrogen-bond donors (Lipinski definition) is 1. The highest BCUT2D eigenvalue weighted by atomic mass is 35.5. The topological polar surface area (TPSA) is 42.2 Å². The van der Waals surface area contributed by atoms with E-state index in [2.05, 4.69) is 12.2 Å². The van der Waals surface area contributed by atoms with Crippen LogP contribution < -0.4 is 14.6 Å². The minimum Gasteiger partial charge on any atom is -0.492 e. The zero-order chi connectivity index (χ0) is 23.7. The van der Waals surface area contributed by atoms with Crippen LogP contribution in [0.2, 0.25) is 5.02 Å². The highest BCUT2D eigenvalue weighted by Gasteiger charge is 2.12. The van der Waals surface area contributed by atoms with Gasteiger partial charge in [-0.15, -0.1) is 0 Å². The highest BCUT2D eigenvalue weighted by Crippen LogP contribution is 2.26. The lowest BCUT2D eigenvalue weighted by molar-refractivity contribution is -0.679. The molecule has 0 radical (unpaired) electrons. The molecule has 1 aromatic heterocycles. The van der Waals surface area contributed by atoms with E-state index in [-0.39, 0.29) is 5.91 Å². The van der Waals surface area contributed by atoms with Crippen molar-refractivity contribution in [2.45, 2.75) is 90.5 Å². The fourth-order valence-corrected chi connectivity index (χ4v) is 4.13. The molecule has 0 spiro atoms. The van der Waals surface area contributed by atoms with Crippen molar-refractivity contribution in [1.82, 2.24) is 5.32 Å². The molecule has 0 aliphatic heterocycles. The Morgan fingerprint density at radius 3 is 2.15 bits per heavy atom. The van der Waals surface area contributed by atoms with Gasteiger partial charge in [0.25, 0.3) is 5.91 Å². The standard InChI is InChI=1S/C28H41ClN2O2/c1-3-4-5-6-7-8-9-10-11-12-13-16-21-33-27-19-18-24(22-26(27)29)28(32)30-23-25-17-14-15-20-31(25)2/h14-15,17-20,22H,3-13,16,21,23H2,1-2H3/p+1. The van der Waals surface area contributed by atoms with Crippen LogP contribution in [0.3, 0.4) is 0 Å². The molecule has 0 aliphatic carbocycles. The molecule has 4 nitrogen and oxygen atoms in total. The number of benzene rings is 1. The van der Waals surface area contributed by atoms with Crippen molar-refractivity contribution in [2.24, 2.45) is 7.05 Å². The van der Waals surface area contributed by atoms with Gasteiger partial charge in [0.2, 0.25) is 0 Å². The normalized spacial score (nSPS) is 10.9. The summed E-state index contributed by atoms with van der Waals surface area (Å²) in [5, 5.41) is 3.42. The fraction of sp³-hybridized carbons (Fsp3) is 0.571. The van der Waals surface area contributed by atoms with Crippen LogP contribution in [0.15, 0.2) is 42.6 Å². The van der Waals surface area contributed by atoms with Gasteiger partial charge in [-0.05, 0) is 24.6 Å². The number of unbranched alkanes of at least 4 members (excludes halogenated alkanes) is 11. The smallest absolute Gasteiger partial charge is 0.251 e. The van der Waals surface area contributed by atoms with Crippen molar-refractivity contribution in [3.63, 3.8) is 0 Å². The van der Waals surface area contributed by atoms with E-state index in [0.717, 1.165) is 12.1 Å². The number of ether oxygens (including phenoxy) is 1. The van der Waals surface area contributed by atoms with E-state index in [1.165, 1.54) is 70.6 Å². The second-order valence-electron chi connectivity index (χ2n) is 8.87. The van der Waals surface area contributed by atoms with Gasteiger partial charge in [0.15, 0.2) is 11.9 Å². The molecule has 5 heteroatoms. The lowest BCUT2D eigenvalue weighted by atomic mass is 10.1. The lowest BCUT2D eigenvalue weighted by Gasteiger charge is -2.10. The Morgan fingerprint density at radius 2 is 1.55 bits per heavy atom. The zero-order valence-corrected chi connectivity index (χ0v) is 21.3. The molecule has 0 saturated heterocycles. The Bertz CT molecular complexity index is 825. The second-order valence-corrected chi connectivity index (χ2v) is 9.28. The monoisotopic (exact) mass is 473 g/mol. The van der Waals surface area contributed by atoms with Gasteiger partial charge in [0.05, 0.1) is 11.6 Å². The van der Waals surface area contributed by atoms with Gasteiger partial charge < -0.3 is 10.1 Å². The number of aryl methyl sites for hydroxylation is 1. The van der Waals surface area contributed by atoms with Gasteiger partial charge in [-0.3, -0.25) is 4.79 Å². The van der Waals surface area contributed by atoms with Crippen molar-refractivity contribution in [1.29, 1.82) is 0 Å². The molecule has 182 valence electrons. The van der Waals surface area contributed by atoms with E-state index >= 15 is 0 Å². The third kappa shape index (κ3) is 11.1. The van der Waals surface area contributed by atoms with Crippen LogP contribution in [0.1, 0.15) is 100 Å². The molecule has 1 amide bonds. The summed E-state index contributed by atoms with van der Waals surface area (Å²) in [6, 6.07) is 11.1. The Labute approximate surface area is 205 Å².